The summed E-state index contributed by atoms with van der Waals surface area (Å²) < 4.78 is 4.91. The van der Waals surface area contributed by atoms with Crippen LogP contribution in [0, 0.1) is 10.1 Å². The Morgan fingerprint density at radius 1 is 1.28 bits per heavy atom. The number of benzene rings is 1. The van der Waals surface area contributed by atoms with Crippen molar-refractivity contribution in [3.8, 4) is 0 Å². The van der Waals surface area contributed by atoms with Crippen molar-refractivity contribution >= 4 is 17.4 Å². The minimum atomic E-state index is -0.572. The molecule has 0 bridgehead atoms. The average Bonchev–Trinajstić information content (AvgIpc) is 2.60. The lowest BCUT2D eigenvalue weighted by Gasteiger charge is -2.34. The minimum absolute atomic E-state index is 0.00833. The number of Topliss-reactive ketones (excluding diaryl/α,β-unsaturated/α-hetero) is 1. The highest BCUT2D eigenvalue weighted by Gasteiger charge is 2.38. The van der Waals surface area contributed by atoms with Crippen LogP contribution in [0.1, 0.15) is 37.7 Å². The zero-order valence-corrected chi connectivity index (χ0v) is 14.0. The molecule has 1 aliphatic heterocycles. The number of non-ortho nitro benzene ring substituents is 1. The quantitative estimate of drug-likeness (QED) is 0.515. The number of rotatable bonds is 3. The first-order chi connectivity index (χ1) is 11.9. The number of nitrogens with one attached hydrogen (secondary N) is 1. The van der Waals surface area contributed by atoms with E-state index in [4.69, 9.17) is 4.74 Å². The van der Waals surface area contributed by atoms with Gasteiger partial charge in [0.2, 0.25) is 0 Å². The van der Waals surface area contributed by atoms with Crippen LogP contribution in [0.5, 0.6) is 0 Å². The normalized spacial score (nSPS) is 20.1. The smallest absolute Gasteiger partial charge is 0.336 e. The van der Waals surface area contributed by atoms with Gasteiger partial charge in [-0.3, -0.25) is 14.9 Å². The maximum atomic E-state index is 12.6. The van der Waals surface area contributed by atoms with Crippen molar-refractivity contribution in [3.63, 3.8) is 0 Å². The van der Waals surface area contributed by atoms with Gasteiger partial charge in [0.1, 0.15) is 0 Å². The molecule has 7 nitrogen and oxygen atoms in total. The highest BCUT2D eigenvalue weighted by atomic mass is 16.6. The number of nitro groups is 1. The highest BCUT2D eigenvalue weighted by molar-refractivity contribution is 6.03. The van der Waals surface area contributed by atoms with Crippen molar-refractivity contribution < 1.29 is 19.2 Å². The van der Waals surface area contributed by atoms with Crippen molar-refractivity contribution in [2.24, 2.45) is 0 Å². The minimum Gasteiger partial charge on any atom is -0.466 e. The number of hydrogen-bond donors (Lipinski definition) is 1. The maximum Gasteiger partial charge on any atom is 0.336 e. The Balaban J connectivity index is 2.15. The summed E-state index contributed by atoms with van der Waals surface area (Å²) in [5, 5.41) is 14.1. The van der Waals surface area contributed by atoms with Gasteiger partial charge in [0, 0.05) is 41.4 Å². The zero-order chi connectivity index (χ0) is 18.1. The molecule has 0 saturated heterocycles. The van der Waals surface area contributed by atoms with Gasteiger partial charge < -0.3 is 10.1 Å². The van der Waals surface area contributed by atoms with E-state index in [2.05, 4.69) is 5.32 Å². The lowest BCUT2D eigenvalue weighted by Crippen LogP contribution is -2.34. The van der Waals surface area contributed by atoms with Crippen LogP contribution in [0.15, 0.2) is 46.8 Å². The van der Waals surface area contributed by atoms with Crippen LogP contribution in [0.2, 0.25) is 0 Å². The second kappa shape index (κ2) is 6.51. The van der Waals surface area contributed by atoms with Crippen LogP contribution in [0.25, 0.3) is 0 Å². The summed E-state index contributed by atoms with van der Waals surface area (Å²) in [5.41, 5.74) is 3.02. The molecule has 1 aromatic rings. The predicted molar refractivity (Wildman–Crippen MR) is 89.6 cm³/mol. The third-order valence-corrected chi connectivity index (χ3v) is 4.62. The van der Waals surface area contributed by atoms with Crippen LogP contribution in [0.3, 0.4) is 0 Å². The number of nitro benzene ring substituents is 1. The van der Waals surface area contributed by atoms with E-state index in [9.17, 15) is 19.7 Å². The van der Waals surface area contributed by atoms with Gasteiger partial charge in [-0.15, -0.1) is 0 Å². The largest absolute Gasteiger partial charge is 0.466 e. The van der Waals surface area contributed by atoms with Crippen LogP contribution in [-0.2, 0) is 14.3 Å². The molecule has 0 aromatic heterocycles. The highest BCUT2D eigenvalue weighted by Crippen LogP contribution is 2.42. The van der Waals surface area contributed by atoms with E-state index in [0.29, 0.717) is 28.8 Å². The van der Waals surface area contributed by atoms with E-state index in [1.807, 2.05) is 0 Å². The molecule has 0 unspecified atom stereocenters. The molecule has 1 N–H and O–H groups in total. The van der Waals surface area contributed by atoms with E-state index in [1.54, 1.807) is 19.1 Å². The van der Waals surface area contributed by atoms with Crippen LogP contribution in [-0.4, -0.2) is 23.8 Å². The Bertz CT molecular complexity index is 820. The summed E-state index contributed by atoms with van der Waals surface area (Å²) >= 11 is 0. The van der Waals surface area contributed by atoms with E-state index in [1.165, 1.54) is 19.2 Å². The third-order valence-electron chi connectivity index (χ3n) is 4.62. The first-order valence-electron chi connectivity index (χ1n) is 8.00. The number of methoxy groups -OCH3 is 1. The monoisotopic (exact) mass is 342 g/mol. The SMILES string of the molecule is COC(=O)C1=C(C)NC2=C(C(=O)CCC2)[C@@H]1c1ccc([N+](=O)[O-])cc1. The van der Waals surface area contributed by atoms with Gasteiger partial charge in [-0.2, -0.15) is 0 Å². The lowest BCUT2D eigenvalue weighted by molar-refractivity contribution is -0.384. The van der Waals surface area contributed by atoms with Crippen molar-refractivity contribution in [1.82, 2.24) is 5.32 Å². The van der Waals surface area contributed by atoms with Gasteiger partial charge in [-0.1, -0.05) is 12.1 Å². The Kier molecular flexibility index (Phi) is 4.39. The molecule has 3 rings (SSSR count). The number of allylic oxidation sites excluding steroid dienone is 3. The summed E-state index contributed by atoms with van der Waals surface area (Å²) in [6.07, 6.45) is 1.92. The van der Waals surface area contributed by atoms with Crippen molar-refractivity contribution in [1.29, 1.82) is 0 Å². The Morgan fingerprint density at radius 3 is 2.56 bits per heavy atom. The number of dihydropyridines is 1. The van der Waals surface area contributed by atoms with Crippen LogP contribution < -0.4 is 5.32 Å². The molecule has 0 spiro atoms. The standard InChI is InChI=1S/C18H18N2O5/c1-10-15(18(22)25-2)16(11-6-8-12(9-7-11)20(23)24)17-13(19-10)4-3-5-14(17)21/h6-9,16,19H,3-5H2,1-2H3/t16-/m1/s1. The molecule has 0 fully saturated rings. The molecular weight excluding hydrogens is 324 g/mol. The molecule has 25 heavy (non-hydrogen) atoms. The fourth-order valence-electron chi connectivity index (χ4n) is 3.49. The molecule has 0 radical (unpaired) electrons. The molecule has 130 valence electrons. The van der Waals surface area contributed by atoms with Crippen molar-refractivity contribution in [2.75, 3.05) is 7.11 Å². The van der Waals surface area contributed by atoms with E-state index in [-0.39, 0.29) is 11.5 Å². The van der Waals surface area contributed by atoms with Crippen LogP contribution >= 0.6 is 0 Å². The number of ketones is 1. The second-order valence-corrected chi connectivity index (χ2v) is 6.11. The van der Waals surface area contributed by atoms with Crippen molar-refractivity contribution in [3.05, 3.63) is 62.5 Å². The van der Waals surface area contributed by atoms with Crippen LogP contribution in [0.4, 0.5) is 5.69 Å². The van der Waals surface area contributed by atoms with E-state index in [0.717, 1.165) is 18.5 Å². The number of hydrogen-bond acceptors (Lipinski definition) is 6. The first kappa shape index (κ1) is 16.9. The number of ether oxygens (including phenoxy) is 1. The van der Waals surface area contributed by atoms with Gasteiger partial charge >= 0.3 is 5.97 Å². The molecule has 1 atom stereocenters. The molecule has 1 heterocycles. The second-order valence-electron chi connectivity index (χ2n) is 6.11. The summed E-state index contributed by atoms with van der Waals surface area (Å²) in [7, 11) is 1.29. The van der Waals surface area contributed by atoms with E-state index < -0.39 is 16.8 Å². The molecule has 1 aromatic carbocycles. The van der Waals surface area contributed by atoms with Crippen molar-refractivity contribution in [2.45, 2.75) is 32.1 Å². The summed E-state index contributed by atoms with van der Waals surface area (Å²) in [5.74, 6) is -1.10. The number of esters is 1. The average molecular weight is 342 g/mol. The number of carbonyl (C=O) groups excluding carboxylic acids is 2. The Morgan fingerprint density at radius 2 is 1.96 bits per heavy atom. The maximum absolute atomic E-state index is 12.6. The van der Waals surface area contributed by atoms with Gasteiger partial charge in [0.05, 0.1) is 17.6 Å². The molecular formula is C18H18N2O5. The first-order valence-corrected chi connectivity index (χ1v) is 8.00. The summed E-state index contributed by atoms with van der Waals surface area (Å²) in [6.45, 7) is 1.77. The van der Waals surface area contributed by atoms with Gasteiger partial charge in [0.15, 0.2) is 5.78 Å². The Hall–Kier alpha value is -2.96. The molecule has 2 aliphatic rings. The Labute approximate surface area is 144 Å². The lowest BCUT2D eigenvalue weighted by atomic mass is 9.75. The third kappa shape index (κ3) is 2.93. The number of carbonyl (C=O) groups is 2. The molecule has 7 heteroatoms. The zero-order valence-electron chi connectivity index (χ0n) is 14.0. The molecule has 1 aliphatic carbocycles. The topological polar surface area (TPSA) is 98.5 Å². The van der Waals surface area contributed by atoms with Gasteiger partial charge in [0.25, 0.3) is 5.69 Å². The van der Waals surface area contributed by atoms with E-state index >= 15 is 0 Å². The summed E-state index contributed by atoms with van der Waals surface area (Å²) in [6, 6.07) is 5.96. The van der Waals surface area contributed by atoms with Gasteiger partial charge in [-0.05, 0) is 25.3 Å². The summed E-state index contributed by atoms with van der Waals surface area (Å²) in [4.78, 5) is 35.3. The molecule has 0 amide bonds. The van der Waals surface area contributed by atoms with Gasteiger partial charge in [-0.25, -0.2) is 4.79 Å². The fraction of sp³-hybridized carbons (Fsp3) is 0.333. The predicted octanol–water partition coefficient (Wildman–Crippen LogP) is 2.74. The number of nitrogens with zero attached hydrogens (tertiary/aromatic N) is 1. The molecule has 0 saturated carbocycles. The fourth-order valence-corrected chi connectivity index (χ4v) is 3.49.